The summed E-state index contributed by atoms with van der Waals surface area (Å²) in [5.74, 6) is 1.14. The number of benzene rings is 1. The van der Waals surface area contributed by atoms with Gasteiger partial charge in [-0.05, 0) is 62.6 Å². The van der Waals surface area contributed by atoms with Crippen LogP contribution in [0.5, 0.6) is 0 Å². The van der Waals surface area contributed by atoms with Gasteiger partial charge in [0.05, 0.1) is 11.7 Å². The maximum Gasteiger partial charge on any atom is 0.160 e. The molecule has 28 heavy (non-hydrogen) atoms. The molecule has 0 N–H and O–H groups in total. The van der Waals surface area contributed by atoms with Gasteiger partial charge in [0.2, 0.25) is 0 Å². The third kappa shape index (κ3) is 3.30. The van der Waals surface area contributed by atoms with Crippen LogP contribution in [0.1, 0.15) is 56.1 Å². The third-order valence-corrected chi connectivity index (χ3v) is 7.16. The van der Waals surface area contributed by atoms with Crippen molar-refractivity contribution in [2.24, 2.45) is 4.99 Å². The number of pyridine rings is 1. The largest absolute Gasteiger partial charge is 0.372 e. The predicted octanol–water partition coefficient (Wildman–Crippen LogP) is 5.22. The minimum absolute atomic E-state index is 0.0658. The van der Waals surface area contributed by atoms with Crippen molar-refractivity contribution in [3.05, 3.63) is 59.4 Å². The van der Waals surface area contributed by atoms with Crippen LogP contribution in [0.3, 0.4) is 0 Å². The molecule has 5 heteroatoms. The van der Waals surface area contributed by atoms with Crippen molar-refractivity contribution < 1.29 is 0 Å². The van der Waals surface area contributed by atoms with Gasteiger partial charge in [-0.2, -0.15) is 0 Å². The summed E-state index contributed by atoms with van der Waals surface area (Å²) < 4.78 is 0. The number of anilines is 1. The molecule has 0 unspecified atom stereocenters. The lowest BCUT2D eigenvalue weighted by Crippen LogP contribution is -2.35. The molecule has 0 aliphatic carbocycles. The Labute approximate surface area is 173 Å². The molecule has 4 rings (SSSR count). The Morgan fingerprint density at radius 2 is 1.96 bits per heavy atom. The molecule has 0 bridgehead atoms. The lowest BCUT2D eigenvalue weighted by molar-refractivity contribution is 0.254. The van der Waals surface area contributed by atoms with Crippen LogP contribution in [0.25, 0.3) is 0 Å². The summed E-state index contributed by atoms with van der Waals surface area (Å²) in [6, 6.07) is 14.0. The maximum atomic E-state index is 5.14. The monoisotopic (exact) mass is 394 g/mol. The van der Waals surface area contributed by atoms with Crippen LogP contribution in [0.2, 0.25) is 0 Å². The van der Waals surface area contributed by atoms with E-state index in [9.17, 15) is 0 Å². The van der Waals surface area contributed by atoms with Crippen molar-refractivity contribution in [1.82, 2.24) is 9.88 Å². The molecule has 0 saturated carbocycles. The number of rotatable bonds is 6. The Kier molecular flexibility index (Phi) is 5.63. The molecular weight excluding hydrogens is 364 g/mol. The van der Waals surface area contributed by atoms with Crippen LogP contribution >= 0.6 is 11.8 Å². The van der Waals surface area contributed by atoms with Gasteiger partial charge in [0.15, 0.2) is 5.17 Å². The van der Waals surface area contributed by atoms with Crippen LogP contribution in [0, 0.1) is 6.92 Å². The third-order valence-electron chi connectivity index (χ3n) is 6.03. The molecular formula is C23H30N4S. The highest BCUT2D eigenvalue weighted by atomic mass is 32.2. The number of nitrogens with zero attached hydrogens (tertiary/aromatic N) is 4. The van der Waals surface area contributed by atoms with Gasteiger partial charge in [0, 0.05) is 36.8 Å². The molecule has 3 atom stereocenters. The first-order chi connectivity index (χ1) is 13.7. The van der Waals surface area contributed by atoms with Gasteiger partial charge in [-0.15, -0.1) is 0 Å². The molecule has 4 nitrogen and oxygen atoms in total. The topological polar surface area (TPSA) is 31.7 Å². The average Bonchev–Trinajstić information content (AvgIpc) is 3.29. The minimum Gasteiger partial charge on any atom is -0.372 e. The smallest absolute Gasteiger partial charge is 0.160 e. The first kappa shape index (κ1) is 19.3. The molecule has 1 saturated heterocycles. The van der Waals surface area contributed by atoms with Gasteiger partial charge in [-0.3, -0.25) is 9.98 Å². The molecule has 1 fully saturated rings. The van der Waals surface area contributed by atoms with Crippen molar-refractivity contribution in [1.29, 1.82) is 0 Å². The maximum absolute atomic E-state index is 5.14. The van der Waals surface area contributed by atoms with E-state index < -0.39 is 0 Å². The Hall–Kier alpha value is -2.01. The van der Waals surface area contributed by atoms with Crippen LogP contribution in [0.15, 0.2) is 47.6 Å². The van der Waals surface area contributed by atoms with Crippen molar-refractivity contribution in [3.63, 3.8) is 0 Å². The van der Waals surface area contributed by atoms with Crippen molar-refractivity contribution in [2.75, 3.05) is 23.7 Å². The van der Waals surface area contributed by atoms with Crippen LogP contribution in [0.4, 0.5) is 5.69 Å². The van der Waals surface area contributed by atoms with E-state index in [-0.39, 0.29) is 12.1 Å². The Bertz CT molecular complexity index is 847. The lowest BCUT2D eigenvalue weighted by Gasteiger charge is -2.33. The number of hydrogen-bond donors (Lipinski definition) is 0. The summed E-state index contributed by atoms with van der Waals surface area (Å²) in [7, 11) is 0. The van der Waals surface area contributed by atoms with Crippen molar-refractivity contribution >= 4 is 22.6 Å². The number of amidine groups is 1. The molecule has 2 aliphatic rings. The Balaban J connectivity index is 1.76. The molecule has 0 radical (unpaired) electrons. The second-order valence-electron chi connectivity index (χ2n) is 7.55. The first-order valence-corrected chi connectivity index (χ1v) is 11.4. The Morgan fingerprint density at radius 3 is 2.61 bits per heavy atom. The molecule has 1 aromatic heterocycles. The molecule has 0 amide bonds. The number of aryl methyl sites for hydroxylation is 1. The summed E-state index contributed by atoms with van der Waals surface area (Å²) >= 11 is 1.90. The predicted molar refractivity (Wildman–Crippen MR) is 120 cm³/mol. The number of fused-ring (bicyclic) bond motifs is 1. The summed E-state index contributed by atoms with van der Waals surface area (Å²) in [6.45, 7) is 11.0. The number of thioether (sulfide) groups is 1. The molecule has 2 aromatic rings. The second-order valence-corrected chi connectivity index (χ2v) is 8.54. The molecule has 1 aromatic carbocycles. The standard InChI is InChI=1S/C23H30N4S/c1-5-17-15-28-23-25-21(20-10-8-9-13-24-20)22(27(17)23)19-12-11-18(14-16(19)4)26(6-2)7-3/h8-14,17,21-22H,5-7,15H2,1-4H3/t17-,21-,22+/m1/s1. The van der Waals surface area contributed by atoms with E-state index >= 15 is 0 Å². The van der Waals surface area contributed by atoms with E-state index in [0.29, 0.717) is 6.04 Å². The van der Waals surface area contributed by atoms with Gasteiger partial charge in [0.25, 0.3) is 0 Å². The summed E-state index contributed by atoms with van der Waals surface area (Å²) in [5, 5.41) is 1.19. The van der Waals surface area contributed by atoms with Gasteiger partial charge in [-0.1, -0.05) is 30.8 Å². The fourth-order valence-electron chi connectivity index (χ4n) is 4.46. The van der Waals surface area contributed by atoms with Crippen LogP contribution in [-0.4, -0.2) is 39.9 Å². The van der Waals surface area contributed by atoms with E-state index in [1.54, 1.807) is 0 Å². The van der Waals surface area contributed by atoms with E-state index in [4.69, 9.17) is 4.99 Å². The quantitative estimate of drug-likeness (QED) is 0.673. The zero-order valence-electron chi connectivity index (χ0n) is 17.3. The average molecular weight is 395 g/mol. The SMILES string of the molecule is CC[C@@H]1CSC2=N[C@H](c3ccccn3)[C@H](c3ccc(N(CC)CC)cc3C)N21. The molecule has 0 spiro atoms. The highest BCUT2D eigenvalue weighted by Crippen LogP contribution is 2.49. The van der Waals surface area contributed by atoms with E-state index in [1.165, 1.54) is 22.0 Å². The highest BCUT2D eigenvalue weighted by molar-refractivity contribution is 8.14. The fourth-order valence-corrected chi connectivity index (χ4v) is 5.80. The Morgan fingerprint density at radius 1 is 1.14 bits per heavy atom. The zero-order chi connectivity index (χ0) is 19.7. The lowest BCUT2D eigenvalue weighted by atomic mass is 9.91. The van der Waals surface area contributed by atoms with E-state index in [0.717, 1.165) is 31.0 Å². The van der Waals surface area contributed by atoms with Crippen LogP contribution < -0.4 is 4.90 Å². The number of aliphatic imine (C=N–C) groups is 1. The van der Waals surface area contributed by atoms with E-state index in [2.05, 4.69) is 72.8 Å². The summed E-state index contributed by atoms with van der Waals surface area (Å²) in [6.07, 6.45) is 3.03. The first-order valence-electron chi connectivity index (χ1n) is 10.4. The van der Waals surface area contributed by atoms with Gasteiger partial charge in [-0.25, -0.2) is 0 Å². The van der Waals surface area contributed by atoms with Gasteiger partial charge >= 0.3 is 0 Å². The molecule has 3 heterocycles. The van der Waals surface area contributed by atoms with E-state index in [1.807, 2.05) is 24.0 Å². The highest BCUT2D eigenvalue weighted by Gasteiger charge is 2.45. The number of aromatic nitrogens is 1. The second kappa shape index (κ2) is 8.16. The summed E-state index contributed by atoms with van der Waals surface area (Å²) in [5.41, 5.74) is 5.10. The normalized spacial score (nSPS) is 23.6. The fraction of sp³-hybridized carbons (Fsp3) is 0.478. The minimum atomic E-state index is 0.0658. The molecule has 2 aliphatic heterocycles. The van der Waals surface area contributed by atoms with Crippen molar-refractivity contribution in [3.8, 4) is 0 Å². The van der Waals surface area contributed by atoms with Crippen LogP contribution in [-0.2, 0) is 0 Å². The molecule has 148 valence electrons. The zero-order valence-corrected chi connectivity index (χ0v) is 18.1. The van der Waals surface area contributed by atoms with Gasteiger partial charge < -0.3 is 9.80 Å². The van der Waals surface area contributed by atoms with Crippen molar-refractivity contribution in [2.45, 2.75) is 52.2 Å². The summed E-state index contributed by atoms with van der Waals surface area (Å²) in [4.78, 5) is 14.8. The number of hydrogen-bond acceptors (Lipinski definition) is 5. The van der Waals surface area contributed by atoms with Gasteiger partial charge in [0.1, 0.15) is 6.04 Å².